The summed E-state index contributed by atoms with van der Waals surface area (Å²) in [5, 5.41) is 12.5. The lowest BCUT2D eigenvalue weighted by atomic mass is 10.2. The number of halogens is 2. The third-order valence-corrected chi connectivity index (χ3v) is 7.42. The number of sulfonamides is 1. The number of aliphatic carboxylic acids is 1. The van der Waals surface area contributed by atoms with Crippen molar-refractivity contribution in [2.75, 3.05) is 5.32 Å². The van der Waals surface area contributed by atoms with Gasteiger partial charge in [-0.2, -0.15) is 4.31 Å². The van der Waals surface area contributed by atoms with Crippen LogP contribution in [0.3, 0.4) is 0 Å². The fourth-order valence-corrected chi connectivity index (χ4v) is 5.88. The van der Waals surface area contributed by atoms with Crippen molar-refractivity contribution in [1.82, 2.24) is 4.31 Å². The molecular formula is C22H18Cl2N2O5S. The number of anilines is 1. The third-order valence-electron chi connectivity index (χ3n) is 4.87. The van der Waals surface area contributed by atoms with Crippen LogP contribution in [0.2, 0.25) is 10.0 Å². The van der Waals surface area contributed by atoms with Crippen LogP contribution in [0.1, 0.15) is 11.1 Å². The lowest BCUT2D eigenvalue weighted by molar-refractivity contribution is -0.140. The number of fused-ring (bicyclic) bond motifs is 1. The van der Waals surface area contributed by atoms with Gasteiger partial charge in [0.25, 0.3) is 0 Å². The number of rotatable bonds is 6. The fraction of sp³-hybridized carbons (Fsp3) is 0.136. The lowest BCUT2D eigenvalue weighted by Gasteiger charge is -2.35. The van der Waals surface area contributed by atoms with Gasteiger partial charge in [-0.3, -0.25) is 0 Å². The Morgan fingerprint density at radius 1 is 1.03 bits per heavy atom. The van der Waals surface area contributed by atoms with Crippen molar-refractivity contribution < 1.29 is 23.1 Å². The lowest BCUT2D eigenvalue weighted by Crippen LogP contribution is -2.52. The largest absolute Gasteiger partial charge is 0.489 e. The van der Waals surface area contributed by atoms with Crippen molar-refractivity contribution in [2.45, 2.75) is 24.2 Å². The fourth-order valence-electron chi connectivity index (χ4n) is 3.42. The number of ether oxygens (including phenoxy) is 1. The smallest absolute Gasteiger partial charge is 0.342 e. The number of nitrogens with one attached hydrogen (secondary N) is 1. The van der Waals surface area contributed by atoms with Gasteiger partial charge in [0.05, 0.1) is 10.7 Å². The zero-order valence-electron chi connectivity index (χ0n) is 16.5. The van der Waals surface area contributed by atoms with Gasteiger partial charge in [-0.15, -0.1) is 0 Å². The molecule has 0 amide bonds. The summed E-state index contributed by atoms with van der Waals surface area (Å²) in [5.74, 6) is -0.822. The number of carboxylic acids is 1. The molecule has 0 aromatic heterocycles. The molecule has 0 saturated heterocycles. The number of hydrogen-bond donors (Lipinski definition) is 2. The highest BCUT2D eigenvalue weighted by Gasteiger charge is 2.43. The Kier molecular flexibility index (Phi) is 6.30. The van der Waals surface area contributed by atoms with Gasteiger partial charge in [-0.25, -0.2) is 13.2 Å². The van der Waals surface area contributed by atoms with E-state index >= 15 is 0 Å². The normalized spacial score (nSPS) is 17.2. The number of carbonyl (C=O) groups is 1. The molecule has 1 atom stereocenters. The van der Waals surface area contributed by atoms with Crippen LogP contribution in [0.4, 0.5) is 5.69 Å². The van der Waals surface area contributed by atoms with Crippen molar-refractivity contribution in [3.8, 4) is 5.75 Å². The Hall–Kier alpha value is -2.78. The molecule has 4 rings (SSSR count). The predicted molar refractivity (Wildman–Crippen MR) is 121 cm³/mol. The summed E-state index contributed by atoms with van der Waals surface area (Å²) in [4.78, 5) is 11.7. The van der Waals surface area contributed by atoms with Crippen molar-refractivity contribution in [1.29, 1.82) is 0 Å². The molecule has 3 aromatic rings. The van der Waals surface area contributed by atoms with Crippen LogP contribution >= 0.6 is 23.2 Å². The molecular weight excluding hydrogens is 475 g/mol. The van der Waals surface area contributed by atoms with E-state index in [9.17, 15) is 18.3 Å². The quantitative estimate of drug-likeness (QED) is 0.521. The average Bonchev–Trinajstić information content (AvgIpc) is 2.74. The maximum atomic E-state index is 13.3. The Bertz CT molecular complexity index is 1270. The summed E-state index contributed by atoms with van der Waals surface area (Å²) >= 11 is 12.1. The number of nitrogens with zero attached hydrogens (tertiary/aromatic N) is 1. The Morgan fingerprint density at radius 3 is 2.47 bits per heavy atom. The van der Waals surface area contributed by atoms with E-state index in [1.54, 1.807) is 24.3 Å². The highest BCUT2D eigenvalue weighted by molar-refractivity contribution is 7.89. The molecule has 32 heavy (non-hydrogen) atoms. The molecule has 0 radical (unpaired) electrons. The molecule has 2 N–H and O–H groups in total. The van der Waals surface area contributed by atoms with Crippen LogP contribution in [0.25, 0.3) is 0 Å². The molecule has 1 unspecified atom stereocenters. The second-order valence-electron chi connectivity index (χ2n) is 7.12. The highest BCUT2D eigenvalue weighted by Crippen LogP contribution is 2.40. The minimum absolute atomic E-state index is 0.0473. The summed E-state index contributed by atoms with van der Waals surface area (Å²) in [6.07, 6.45) is -1.53. The first-order valence-electron chi connectivity index (χ1n) is 9.51. The van der Waals surface area contributed by atoms with Gasteiger partial charge in [0.1, 0.15) is 17.3 Å². The van der Waals surface area contributed by atoms with Gasteiger partial charge >= 0.3 is 5.97 Å². The van der Waals surface area contributed by atoms with Crippen LogP contribution in [0, 0.1) is 0 Å². The summed E-state index contributed by atoms with van der Waals surface area (Å²) in [6.45, 7) is 0.141. The minimum Gasteiger partial charge on any atom is -0.489 e. The Labute approximate surface area is 195 Å². The molecule has 0 bridgehead atoms. The molecule has 1 aliphatic heterocycles. The van der Waals surface area contributed by atoms with E-state index in [1.807, 2.05) is 30.3 Å². The average molecular weight is 493 g/mol. The molecule has 166 valence electrons. The van der Waals surface area contributed by atoms with E-state index < -0.39 is 22.2 Å². The minimum atomic E-state index is -4.23. The SMILES string of the molecule is O=C(O)C1Nc2cc(Cl)cc(Cl)c2S(=O)(=O)N1Cc1cccc(OCc2ccccc2)c1. The van der Waals surface area contributed by atoms with Crippen LogP contribution in [0.5, 0.6) is 5.75 Å². The molecule has 7 nitrogen and oxygen atoms in total. The van der Waals surface area contributed by atoms with Gasteiger partial charge in [-0.05, 0) is 35.4 Å². The van der Waals surface area contributed by atoms with E-state index in [1.165, 1.54) is 12.1 Å². The summed E-state index contributed by atoms with van der Waals surface area (Å²) in [7, 11) is -4.23. The number of carboxylic acid groups (broad SMARTS) is 1. The first kappa shape index (κ1) is 22.4. The first-order chi connectivity index (χ1) is 15.3. The van der Waals surface area contributed by atoms with Crippen molar-refractivity contribution in [3.63, 3.8) is 0 Å². The van der Waals surface area contributed by atoms with Gasteiger partial charge in [-0.1, -0.05) is 65.7 Å². The maximum Gasteiger partial charge on any atom is 0.342 e. The molecule has 0 aliphatic carbocycles. The second kappa shape index (κ2) is 8.99. The zero-order valence-corrected chi connectivity index (χ0v) is 18.9. The van der Waals surface area contributed by atoms with Gasteiger partial charge in [0.15, 0.2) is 6.17 Å². The van der Waals surface area contributed by atoms with Gasteiger partial charge in [0, 0.05) is 11.6 Å². The van der Waals surface area contributed by atoms with Gasteiger partial charge in [0.2, 0.25) is 10.0 Å². The molecule has 1 heterocycles. The van der Waals surface area contributed by atoms with Crippen molar-refractivity contribution in [3.05, 3.63) is 87.9 Å². The first-order valence-corrected chi connectivity index (χ1v) is 11.7. The molecule has 0 spiro atoms. The zero-order chi connectivity index (χ0) is 22.9. The van der Waals surface area contributed by atoms with E-state index in [0.717, 1.165) is 9.87 Å². The van der Waals surface area contributed by atoms with Crippen molar-refractivity contribution in [2.24, 2.45) is 0 Å². The summed E-state index contributed by atoms with van der Waals surface area (Å²) in [5.41, 5.74) is 1.59. The van der Waals surface area contributed by atoms with E-state index in [0.29, 0.717) is 17.9 Å². The predicted octanol–water partition coefficient (Wildman–Crippen LogP) is 4.60. The molecule has 1 aliphatic rings. The molecule has 0 saturated carbocycles. The van der Waals surface area contributed by atoms with Crippen LogP contribution in [-0.4, -0.2) is 30.0 Å². The van der Waals surface area contributed by atoms with Crippen LogP contribution in [-0.2, 0) is 28.0 Å². The Morgan fingerprint density at radius 2 is 1.75 bits per heavy atom. The van der Waals surface area contributed by atoms with Crippen LogP contribution in [0.15, 0.2) is 71.6 Å². The molecule has 3 aromatic carbocycles. The maximum absolute atomic E-state index is 13.3. The second-order valence-corrected chi connectivity index (χ2v) is 9.79. The van der Waals surface area contributed by atoms with Crippen LogP contribution < -0.4 is 10.1 Å². The standard InChI is InChI=1S/C22H18Cl2N2O5S/c23-16-10-18(24)20-19(11-16)25-21(22(27)28)26(32(20,29)30)12-15-7-4-8-17(9-15)31-13-14-5-2-1-3-6-14/h1-11,21,25H,12-13H2,(H,27,28). The van der Waals surface area contributed by atoms with E-state index in [-0.39, 0.29) is 27.2 Å². The topological polar surface area (TPSA) is 95.9 Å². The Balaban J connectivity index is 1.63. The number of hydrogen-bond acceptors (Lipinski definition) is 5. The van der Waals surface area contributed by atoms with E-state index in [2.05, 4.69) is 5.32 Å². The summed E-state index contributed by atoms with van der Waals surface area (Å²) in [6, 6.07) is 19.1. The summed E-state index contributed by atoms with van der Waals surface area (Å²) < 4.78 is 33.3. The highest BCUT2D eigenvalue weighted by atomic mass is 35.5. The third kappa shape index (κ3) is 4.54. The van der Waals surface area contributed by atoms with Gasteiger partial charge < -0.3 is 15.2 Å². The number of benzene rings is 3. The monoisotopic (exact) mass is 492 g/mol. The molecule has 0 fully saturated rings. The van der Waals surface area contributed by atoms with E-state index in [4.69, 9.17) is 27.9 Å². The molecule has 10 heteroatoms. The van der Waals surface area contributed by atoms with Crippen molar-refractivity contribution >= 4 is 44.9 Å².